The van der Waals surface area contributed by atoms with E-state index in [0.717, 1.165) is 12.1 Å². The number of hydrogen-bond acceptors (Lipinski definition) is 6. The monoisotopic (exact) mass is 801 g/mol. The maximum atomic E-state index is 16.4. The van der Waals surface area contributed by atoms with Gasteiger partial charge in [-0.1, -0.05) is 38.4 Å². The predicted octanol–water partition coefficient (Wildman–Crippen LogP) is 10.3. The molecular formula is C29H30ClF5IN3O4SSi. The standard InChI is InChI=1S/C29H30ClF5IN3O4SSi/c1-27(2,3)43-26(41)39-24-14(11-37)17-13(9-10-16(31)23(17)44-24)18-19(30)15(12-42-45(7,8)28(4,5)6)21(36)22(20(18)32)38-25(40)29(33,34)35/h9-10H,12H2,1-8H3,(H,38,40)(H,39,41). The molecule has 0 aliphatic rings. The summed E-state index contributed by atoms with van der Waals surface area (Å²) >= 11 is 9.05. The molecule has 244 valence electrons. The lowest BCUT2D eigenvalue weighted by Crippen LogP contribution is -2.40. The van der Waals surface area contributed by atoms with Crippen molar-refractivity contribution >= 4 is 86.6 Å². The molecule has 0 spiro atoms. The van der Waals surface area contributed by atoms with Crippen LogP contribution in [-0.4, -0.2) is 32.1 Å². The Hall–Kier alpha value is -2.52. The van der Waals surface area contributed by atoms with Gasteiger partial charge in [0.25, 0.3) is 0 Å². The lowest BCUT2D eigenvalue weighted by Gasteiger charge is -2.36. The molecular weight excluding hydrogens is 772 g/mol. The third-order valence-electron chi connectivity index (χ3n) is 7.07. The van der Waals surface area contributed by atoms with Gasteiger partial charge in [0.15, 0.2) is 14.1 Å². The lowest BCUT2D eigenvalue weighted by molar-refractivity contribution is -0.167. The Bertz CT molecular complexity index is 1730. The molecule has 1 aromatic heterocycles. The molecule has 0 fully saturated rings. The summed E-state index contributed by atoms with van der Waals surface area (Å²) in [6, 6.07) is 3.98. The number of benzene rings is 2. The van der Waals surface area contributed by atoms with Crippen molar-refractivity contribution in [3.8, 4) is 17.2 Å². The van der Waals surface area contributed by atoms with Crippen molar-refractivity contribution in [2.24, 2.45) is 0 Å². The number of carbonyl (C=O) groups excluding carboxylic acids is 2. The van der Waals surface area contributed by atoms with E-state index in [1.807, 2.05) is 39.9 Å². The number of rotatable bonds is 6. The third-order valence-corrected chi connectivity index (χ3v) is 14.3. The van der Waals surface area contributed by atoms with E-state index in [0.29, 0.717) is 11.3 Å². The van der Waals surface area contributed by atoms with E-state index >= 15 is 8.78 Å². The zero-order valence-corrected chi connectivity index (χ0v) is 30.2. The van der Waals surface area contributed by atoms with E-state index in [9.17, 15) is 28.0 Å². The highest BCUT2D eigenvalue weighted by atomic mass is 127. The molecule has 45 heavy (non-hydrogen) atoms. The molecule has 0 saturated carbocycles. The van der Waals surface area contributed by atoms with Gasteiger partial charge in [0.05, 0.1) is 27.6 Å². The van der Waals surface area contributed by atoms with Gasteiger partial charge >= 0.3 is 18.2 Å². The first-order chi connectivity index (χ1) is 20.4. The van der Waals surface area contributed by atoms with Gasteiger partial charge in [-0.25, -0.2) is 13.6 Å². The molecule has 3 aromatic rings. The lowest BCUT2D eigenvalue weighted by atomic mass is 9.96. The van der Waals surface area contributed by atoms with Crippen LogP contribution in [0.25, 0.3) is 21.2 Å². The topological polar surface area (TPSA) is 100 Å². The largest absolute Gasteiger partial charge is 0.471 e. The average molecular weight is 802 g/mol. The highest BCUT2D eigenvalue weighted by Crippen LogP contribution is 2.48. The Morgan fingerprint density at radius 1 is 1.09 bits per heavy atom. The van der Waals surface area contributed by atoms with Gasteiger partial charge in [-0.15, -0.1) is 11.3 Å². The molecule has 0 saturated heterocycles. The summed E-state index contributed by atoms with van der Waals surface area (Å²) < 4.78 is 82.6. The molecule has 16 heteroatoms. The van der Waals surface area contributed by atoms with Crippen LogP contribution in [0.3, 0.4) is 0 Å². The number of anilines is 2. The zero-order valence-electron chi connectivity index (χ0n) is 25.5. The van der Waals surface area contributed by atoms with Gasteiger partial charge in [-0.2, -0.15) is 18.4 Å². The maximum absolute atomic E-state index is 16.4. The average Bonchev–Trinajstić information content (AvgIpc) is 3.23. The van der Waals surface area contributed by atoms with Crippen LogP contribution in [0.4, 0.5) is 37.4 Å². The SMILES string of the molecule is CC(C)(C)OC(=O)Nc1sc2c(F)ccc(-c3c(F)c(NC(=O)C(F)(F)F)c(I)c(CO[Si](C)(C)C(C)(C)C)c3Cl)c2c1C#N. The van der Waals surface area contributed by atoms with Crippen LogP contribution in [0.15, 0.2) is 12.1 Å². The Morgan fingerprint density at radius 2 is 1.69 bits per heavy atom. The van der Waals surface area contributed by atoms with Gasteiger partial charge in [0, 0.05) is 20.1 Å². The van der Waals surface area contributed by atoms with Crippen LogP contribution >= 0.6 is 45.5 Å². The number of carbonyl (C=O) groups is 2. The van der Waals surface area contributed by atoms with E-state index < -0.39 is 55.0 Å². The smallest absolute Gasteiger partial charge is 0.444 e. The molecule has 0 bridgehead atoms. The number of thiophene rings is 1. The minimum absolute atomic E-state index is 0.0780. The number of halogens is 7. The highest BCUT2D eigenvalue weighted by molar-refractivity contribution is 14.1. The first kappa shape index (κ1) is 36.9. The molecule has 1 heterocycles. The van der Waals surface area contributed by atoms with Crippen LogP contribution < -0.4 is 10.6 Å². The molecule has 2 aromatic carbocycles. The van der Waals surface area contributed by atoms with Gasteiger partial charge in [0.2, 0.25) is 0 Å². The molecule has 7 nitrogen and oxygen atoms in total. The van der Waals surface area contributed by atoms with Crippen LogP contribution in [0, 0.1) is 26.5 Å². The van der Waals surface area contributed by atoms with E-state index in [2.05, 4.69) is 5.32 Å². The van der Waals surface area contributed by atoms with Crippen molar-refractivity contribution in [2.45, 2.75) is 78.1 Å². The Morgan fingerprint density at radius 3 is 2.20 bits per heavy atom. The van der Waals surface area contributed by atoms with Gasteiger partial charge in [-0.3, -0.25) is 10.1 Å². The van der Waals surface area contributed by atoms with Gasteiger partial charge < -0.3 is 14.5 Å². The molecule has 2 amide bonds. The molecule has 0 aliphatic heterocycles. The van der Waals surface area contributed by atoms with E-state index in [4.69, 9.17) is 20.8 Å². The number of fused-ring (bicyclic) bond motifs is 1. The zero-order chi connectivity index (χ0) is 34.4. The van der Waals surface area contributed by atoms with Crippen LogP contribution in [0.1, 0.15) is 52.7 Å². The van der Waals surface area contributed by atoms with Crippen molar-refractivity contribution < 1.29 is 40.7 Å². The number of ether oxygens (including phenoxy) is 1. The van der Waals surface area contributed by atoms with Crippen LogP contribution in [0.2, 0.25) is 23.2 Å². The molecule has 0 radical (unpaired) electrons. The number of nitriles is 1. The maximum Gasteiger partial charge on any atom is 0.471 e. The molecule has 0 aliphatic carbocycles. The second kappa shape index (κ2) is 12.9. The number of amides is 2. The summed E-state index contributed by atoms with van der Waals surface area (Å²) in [5.74, 6) is -4.59. The minimum atomic E-state index is -5.35. The predicted molar refractivity (Wildman–Crippen MR) is 176 cm³/mol. The van der Waals surface area contributed by atoms with E-state index in [1.54, 1.807) is 48.7 Å². The first-order valence-corrected chi connectivity index (χ1v) is 18.5. The fourth-order valence-corrected chi connectivity index (χ4v) is 7.11. The van der Waals surface area contributed by atoms with Crippen molar-refractivity contribution in [1.29, 1.82) is 5.26 Å². The van der Waals surface area contributed by atoms with Crippen LogP contribution in [-0.2, 0) is 20.6 Å². The molecule has 0 atom stereocenters. The first-order valence-electron chi connectivity index (χ1n) is 13.3. The summed E-state index contributed by atoms with van der Waals surface area (Å²) in [5.41, 5.74) is -2.55. The third kappa shape index (κ3) is 7.90. The van der Waals surface area contributed by atoms with Gasteiger partial charge in [0.1, 0.15) is 22.5 Å². The summed E-state index contributed by atoms with van der Waals surface area (Å²) in [7, 11) is -2.48. The summed E-state index contributed by atoms with van der Waals surface area (Å²) in [4.78, 5) is 24.5. The number of nitrogens with zero attached hydrogens (tertiary/aromatic N) is 1. The molecule has 3 rings (SSSR count). The number of hydrogen-bond donors (Lipinski definition) is 2. The molecule has 0 unspecified atom stereocenters. The summed E-state index contributed by atoms with van der Waals surface area (Å²) in [6.45, 7) is 14.4. The number of nitrogens with one attached hydrogen (secondary N) is 2. The van der Waals surface area contributed by atoms with Crippen molar-refractivity contribution in [2.75, 3.05) is 10.6 Å². The Labute approximate surface area is 280 Å². The van der Waals surface area contributed by atoms with Gasteiger partial charge in [-0.05, 0) is 73.1 Å². The fraction of sp³-hybridized carbons (Fsp3) is 0.414. The summed E-state index contributed by atoms with van der Waals surface area (Å²) in [5, 5.41) is 13.3. The second-order valence-electron chi connectivity index (χ2n) is 12.5. The molecule has 2 N–H and O–H groups in total. The normalized spacial score (nSPS) is 12.7. The summed E-state index contributed by atoms with van der Waals surface area (Å²) in [6.07, 6.45) is -6.28. The Balaban J connectivity index is 2.37. The van der Waals surface area contributed by atoms with E-state index in [-0.39, 0.29) is 52.0 Å². The minimum Gasteiger partial charge on any atom is -0.444 e. The number of alkyl halides is 3. The van der Waals surface area contributed by atoms with Crippen molar-refractivity contribution in [3.63, 3.8) is 0 Å². The highest BCUT2D eigenvalue weighted by Gasteiger charge is 2.41. The van der Waals surface area contributed by atoms with E-state index in [1.165, 1.54) is 0 Å². The van der Waals surface area contributed by atoms with Crippen LogP contribution in [0.5, 0.6) is 0 Å². The van der Waals surface area contributed by atoms with Crippen molar-refractivity contribution in [3.05, 3.63) is 43.5 Å². The fourth-order valence-electron chi connectivity index (χ4n) is 3.81. The second-order valence-corrected chi connectivity index (χ2v) is 19.8. The van der Waals surface area contributed by atoms with Crippen molar-refractivity contribution in [1.82, 2.24) is 0 Å². The Kier molecular flexibility index (Phi) is 10.6. The quantitative estimate of drug-likeness (QED) is 0.147.